The number of methoxy groups -OCH3 is 2. The number of Topliss-reactive ketones (excluding diaryl/α,β-unsaturated/α-hetero) is 1. The van der Waals surface area contributed by atoms with Gasteiger partial charge in [-0.2, -0.15) is 0 Å². The summed E-state index contributed by atoms with van der Waals surface area (Å²) in [7, 11) is 3.15. The number of hydrogen-bond acceptors (Lipinski definition) is 3. The summed E-state index contributed by atoms with van der Waals surface area (Å²) in [6, 6.07) is 5.43. The van der Waals surface area contributed by atoms with Crippen molar-refractivity contribution in [1.82, 2.24) is 0 Å². The topological polar surface area (TPSA) is 35.5 Å². The second-order valence-corrected chi connectivity index (χ2v) is 4.63. The van der Waals surface area contributed by atoms with Crippen LogP contribution in [0.2, 0.25) is 0 Å². The highest BCUT2D eigenvalue weighted by molar-refractivity contribution is 5.99. The Morgan fingerprint density at radius 2 is 1.79 bits per heavy atom. The molecule has 3 heteroatoms. The number of rotatable bonds is 9. The van der Waals surface area contributed by atoms with Crippen molar-refractivity contribution < 1.29 is 14.3 Å². The fourth-order valence-corrected chi connectivity index (χ4v) is 2.13. The maximum absolute atomic E-state index is 12.2. The summed E-state index contributed by atoms with van der Waals surface area (Å²) < 4.78 is 10.5. The van der Waals surface area contributed by atoms with Gasteiger partial charge in [-0.25, -0.2) is 0 Å². The van der Waals surface area contributed by atoms with Crippen LogP contribution in [0, 0.1) is 0 Å². The summed E-state index contributed by atoms with van der Waals surface area (Å²) in [6.45, 7) is 2.19. The first-order valence-electron chi connectivity index (χ1n) is 6.98. The van der Waals surface area contributed by atoms with E-state index in [1.54, 1.807) is 26.4 Å². The molecule has 3 nitrogen and oxygen atoms in total. The van der Waals surface area contributed by atoms with Crippen LogP contribution in [0.15, 0.2) is 18.2 Å². The molecule has 0 atom stereocenters. The van der Waals surface area contributed by atoms with Crippen LogP contribution in [0.3, 0.4) is 0 Å². The maximum Gasteiger partial charge on any atom is 0.171 e. The lowest BCUT2D eigenvalue weighted by molar-refractivity contribution is 0.0975. The molecule has 0 radical (unpaired) electrons. The Hall–Kier alpha value is -1.51. The van der Waals surface area contributed by atoms with Gasteiger partial charge in [0.05, 0.1) is 19.8 Å². The second-order valence-electron chi connectivity index (χ2n) is 4.63. The Morgan fingerprint density at radius 1 is 1.05 bits per heavy atom. The molecule has 0 fully saturated rings. The summed E-state index contributed by atoms with van der Waals surface area (Å²) in [6.07, 6.45) is 6.31. The van der Waals surface area contributed by atoms with Crippen LogP contribution in [-0.2, 0) is 0 Å². The highest BCUT2D eigenvalue weighted by atomic mass is 16.5. The molecule has 0 aliphatic rings. The van der Waals surface area contributed by atoms with Crippen LogP contribution in [0.25, 0.3) is 0 Å². The fourth-order valence-electron chi connectivity index (χ4n) is 2.13. The Balaban J connectivity index is 2.61. The summed E-state index contributed by atoms with van der Waals surface area (Å²) in [4.78, 5) is 12.2. The van der Waals surface area contributed by atoms with Crippen LogP contribution in [0.1, 0.15) is 55.8 Å². The number of ether oxygens (including phenoxy) is 2. The van der Waals surface area contributed by atoms with Crippen LogP contribution in [0.5, 0.6) is 11.5 Å². The van der Waals surface area contributed by atoms with Crippen LogP contribution in [0.4, 0.5) is 0 Å². The van der Waals surface area contributed by atoms with E-state index in [1.807, 2.05) is 6.07 Å². The molecule has 106 valence electrons. The summed E-state index contributed by atoms with van der Waals surface area (Å²) >= 11 is 0. The van der Waals surface area contributed by atoms with Gasteiger partial charge in [-0.05, 0) is 18.6 Å². The third-order valence-corrected chi connectivity index (χ3v) is 3.21. The first-order chi connectivity index (χ1) is 9.24. The molecule has 19 heavy (non-hydrogen) atoms. The monoisotopic (exact) mass is 264 g/mol. The van der Waals surface area contributed by atoms with E-state index in [4.69, 9.17) is 9.47 Å². The quantitative estimate of drug-likeness (QED) is 0.494. The minimum absolute atomic E-state index is 0.132. The second kappa shape index (κ2) is 8.57. The zero-order chi connectivity index (χ0) is 14.1. The van der Waals surface area contributed by atoms with Crippen molar-refractivity contribution in [3.8, 4) is 11.5 Å². The summed E-state index contributed by atoms with van der Waals surface area (Å²) in [5, 5.41) is 0. The standard InChI is InChI=1S/C16H24O3/c1-4-5-6-7-8-11-14(17)13-10-9-12-15(18-2)16(13)19-3/h9-10,12H,4-8,11H2,1-3H3. The maximum atomic E-state index is 12.2. The molecule has 0 spiro atoms. The number of carbonyl (C=O) groups excluding carboxylic acids is 1. The molecule has 0 amide bonds. The number of unbranched alkanes of at least 4 members (excludes halogenated alkanes) is 4. The van der Waals surface area contributed by atoms with E-state index >= 15 is 0 Å². The van der Waals surface area contributed by atoms with E-state index in [2.05, 4.69) is 6.92 Å². The predicted molar refractivity (Wildman–Crippen MR) is 77.3 cm³/mol. The molecule has 0 heterocycles. The molecular weight excluding hydrogens is 240 g/mol. The molecule has 0 aliphatic carbocycles. The molecule has 1 rings (SSSR count). The lowest BCUT2D eigenvalue weighted by atomic mass is 10.0. The number of benzene rings is 1. The Labute approximate surface area is 115 Å². The Kier molecular flexibility index (Phi) is 7.01. The molecule has 0 N–H and O–H groups in total. The van der Waals surface area contributed by atoms with Crippen molar-refractivity contribution in [2.45, 2.75) is 45.4 Å². The van der Waals surface area contributed by atoms with Crippen LogP contribution < -0.4 is 9.47 Å². The molecule has 0 aliphatic heterocycles. The first kappa shape index (κ1) is 15.5. The molecule has 0 saturated carbocycles. The van der Waals surface area contributed by atoms with Crippen molar-refractivity contribution in [2.24, 2.45) is 0 Å². The van der Waals surface area contributed by atoms with E-state index < -0.39 is 0 Å². The van der Waals surface area contributed by atoms with Gasteiger partial charge in [-0.15, -0.1) is 0 Å². The fraction of sp³-hybridized carbons (Fsp3) is 0.562. The molecule has 0 aromatic heterocycles. The van der Waals surface area contributed by atoms with E-state index in [0.29, 0.717) is 23.5 Å². The van der Waals surface area contributed by atoms with E-state index in [1.165, 1.54) is 19.3 Å². The van der Waals surface area contributed by atoms with Gasteiger partial charge in [0, 0.05) is 6.42 Å². The number of carbonyl (C=O) groups is 1. The third kappa shape index (κ3) is 4.58. The lowest BCUT2D eigenvalue weighted by Gasteiger charge is -2.11. The molecule has 0 saturated heterocycles. The summed E-state index contributed by atoms with van der Waals surface area (Å²) in [5.41, 5.74) is 0.623. The van der Waals surface area contributed by atoms with Gasteiger partial charge in [0.15, 0.2) is 17.3 Å². The molecule has 1 aromatic rings. The van der Waals surface area contributed by atoms with Gasteiger partial charge in [0.2, 0.25) is 0 Å². The molecular formula is C16H24O3. The normalized spacial score (nSPS) is 10.3. The molecule has 0 bridgehead atoms. The average Bonchev–Trinajstić information content (AvgIpc) is 2.45. The minimum atomic E-state index is 0.132. The zero-order valence-corrected chi connectivity index (χ0v) is 12.2. The lowest BCUT2D eigenvalue weighted by Crippen LogP contribution is -2.03. The van der Waals surface area contributed by atoms with Gasteiger partial charge in [-0.3, -0.25) is 4.79 Å². The number of ketones is 1. The minimum Gasteiger partial charge on any atom is -0.493 e. The Bertz CT molecular complexity index is 399. The SMILES string of the molecule is CCCCCCCC(=O)c1cccc(OC)c1OC. The Morgan fingerprint density at radius 3 is 2.42 bits per heavy atom. The van der Waals surface area contributed by atoms with Crippen LogP contribution in [-0.4, -0.2) is 20.0 Å². The smallest absolute Gasteiger partial charge is 0.171 e. The van der Waals surface area contributed by atoms with Gasteiger partial charge in [-0.1, -0.05) is 38.7 Å². The van der Waals surface area contributed by atoms with Crippen molar-refractivity contribution in [3.63, 3.8) is 0 Å². The van der Waals surface area contributed by atoms with Crippen molar-refractivity contribution >= 4 is 5.78 Å². The van der Waals surface area contributed by atoms with Crippen molar-refractivity contribution in [3.05, 3.63) is 23.8 Å². The van der Waals surface area contributed by atoms with Crippen LogP contribution >= 0.6 is 0 Å². The zero-order valence-electron chi connectivity index (χ0n) is 12.2. The van der Waals surface area contributed by atoms with E-state index in [9.17, 15) is 4.79 Å². The van der Waals surface area contributed by atoms with Gasteiger partial charge < -0.3 is 9.47 Å². The summed E-state index contributed by atoms with van der Waals surface area (Å²) in [5.74, 6) is 1.29. The van der Waals surface area contributed by atoms with Crippen molar-refractivity contribution in [2.75, 3.05) is 14.2 Å². The third-order valence-electron chi connectivity index (χ3n) is 3.21. The van der Waals surface area contributed by atoms with Gasteiger partial charge in [0.25, 0.3) is 0 Å². The number of para-hydroxylation sites is 1. The highest BCUT2D eigenvalue weighted by Crippen LogP contribution is 2.31. The highest BCUT2D eigenvalue weighted by Gasteiger charge is 2.15. The van der Waals surface area contributed by atoms with Gasteiger partial charge in [0.1, 0.15) is 0 Å². The van der Waals surface area contributed by atoms with Gasteiger partial charge >= 0.3 is 0 Å². The molecule has 1 aromatic carbocycles. The number of hydrogen-bond donors (Lipinski definition) is 0. The average molecular weight is 264 g/mol. The predicted octanol–water partition coefficient (Wildman–Crippen LogP) is 4.25. The molecule has 0 unspecified atom stereocenters. The largest absolute Gasteiger partial charge is 0.493 e. The van der Waals surface area contributed by atoms with Crippen molar-refractivity contribution in [1.29, 1.82) is 0 Å². The van der Waals surface area contributed by atoms with E-state index in [0.717, 1.165) is 12.8 Å². The first-order valence-corrected chi connectivity index (χ1v) is 6.98. The van der Waals surface area contributed by atoms with E-state index in [-0.39, 0.29) is 5.78 Å².